The SMILES string of the molecule is COC(=O)[C@@]1(O)CCN(C(=O)OC(C)(C)C)C[C@@H]1NC(=O)OCc1ccccc1. The lowest BCUT2D eigenvalue weighted by Crippen LogP contribution is -2.66. The van der Waals surface area contributed by atoms with E-state index in [9.17, 15) is 19.5 Å². The minimum Gasteiger partial charge on any atom is -0.467 e. The number of nitrogens with zero attached hydrogens (tertiary/aromatic N) is 1. The lowest BCUT2D eigenvalue weighted by atomic mass is 9.86. The molecule has 1 aliphatic heterocycles. The zero-order valence-corrected chi connectivity index (χ0v) is 17.1. The molecule has 9 nitrogen and oxygen atoms in total. The predicted octanol–water partition coefficient (Wildman–Crippen LogP) is 1.83. The summed E-state index contributed by atoms with van der Waals surface area (Å²) in [5, 5.41) is 13.3. The molecule has 0 spiro atoms. The predicted molar refractivity (Wildman–Crippen MR) is 103 cm³/mol. The lowest BCUT2D eigenvalue weighted by molar-refractivity contribution is -0.170. The van der Waals surface area contributed by atoms with E-state index in [0.717, 1.165) is 12.7 Å². The topological polar surface area (TPSA) is 114 Å². The molecule has 29 heavy (non-hydrogen) atoms. The largest absolute Gasteiger partial charge is 0.467 e. The van der Waals surface area contributed by atoms with Crippen LogP contribution in [-0.2, 0) is 25.6 Å². The molecular formula is C20H28N2O7. The Morgan fingerprint density at radius 1 is 1.24 bits per heavy atom. The number of nitrogens with one attached hydrogen (secondary N) is 1. The van der Waals surface area contributed by atoms with Gasteiger partial charge in [-0.1, -0.05) is 30.3 Å². The Balaban J connectivity index is 2.07. The van der Waals surface area contributed by atoms with E-state index in [-0.39, 0.29) is 26.1 Å². The van der Waals surface area contributed by atoms with Crippen molar-refractivity contribution in [2.75, 3.05) is 20.2 Å². The summed E-state index contributed by atoms with van der Waals surface area (Å²) in [7, 11) is 1.14. The van der Waals surface area contributed by atoms with Gasteiger partial charge in [-0.15, -0.1) is 0 Å². The fraction of sp³-hybridized carbons (Fsp3) is 0.550. The van der Waals surface area contributed by atoms with Crippen molar-refractivity contribution < 1.29 is 33.7 Å². The number of carbonyl (C=O) groups excluding carboxylic acids is 3. The first kappa shape index (κ1) is 22.5. The Morgan fingerprint density at radius 2 is 1.90 bits per heavy atom. The summed E-state index contributed by atoms with van der Waals surface area (Å²) in [5.41, 5.74) is -1.91. The zero-order valence-electron chi connectivity index (χ0n) is 17.1. The first-order valence-corrected chi connectivity index (χ1v) is 9.31. The number of piperidine rings is 1. The molecule has 1 saturated heterocycles. The summed E-state index contributed by atoms with van der Waals surface area (Å²) in [5.74, 6) is -0.894. The standard InChI is InChI=1S/C20H28N2O7/c1-19(2,3)29-18(25)22-11-10-20(26,16(23)27-4)15(12-22)21-17(24)28-13-14-8-6-5-7-9-14/h5-9,15,26H,10-13H2,1-4H3,(H,21,24)/t15-,20+/m0/s1. The van der Waals surface area contributed by atoms with Gasteiger partial charge in [0.1, 0.15) is 12.2 Å². The third kappa shape index (κ3) is 6.08. The second-order valence-electron chi connectivity index (χ2n) is 7.85. The summed E-state index contributed by atoms with van der Waals surface area (Å²) in [6, 6.07) is 7.93. The van der Waals surface area contributed by atoms with Crippen molar-refractivity contribution in [1.29, 1.82) is 0 Å². The van der Waals surface area contributed by atoms with Crippen LogP contribution < -0.4 is 5.32 Å². The van der Waals surface area contributed by atoms with Gasteiger partial charge in [-0.2, -0.15) is 0 Å². The Morgan fingerprint density at radius 3 is 2.48 bits per heavy atom. The number of carbonyl (C=O) groups is 3. The number of benzene rings is 1. The fourth-order valence-electron chi connectivity index (χ4n) is 2.93. The molecule has 2 rings (SSSR count). The van der Waals surface area contributed by atoms with Crippen LogP contribution in [0.2, 0.25) is 0 Å². The van der Waals surface area contributed by atoms with E-state index in [1.54, 1.807) is 32.9 Å². The molecule has 160 valence electrons. The number of rotatable bonds is 4. The van der Waals surface area contributed by atoms with Crippen molar-refractivity contribution in [1.82, 2.24) is 10.2 Å². The highest BCUT2D eigenvalue weighted by molar-refractivity contribution is 5.82. The van der Waals surface area contributed by atoms with Gasteiger partial charge in [-0.05, 0) is 26.3 Å². The third-order valence-electron chi connectivity index (χ3n) is 4.44. The highest BCUT2D eigenvalue weighted by atomic mass is 16.6. The van der Waals surface area contributed by atoms with Gasteiger partial charge in [0, 0.05) is 19.5 Å². The van der Waals surface area contributed by atoms with Crippen LogP contribution in [0, 0.1) is 0 Å². The van der Waals surface area contributed by atoms with Crippen LogP contribution in [-0.4, -0.2) is 65.6 Å². The van der Waals surface area contributed by atoms with Crippen LogP contribution in [0.3, 0.4) is 0 Å². The summed E-state index contributed by atoms with van der Waals surface area (Å²) in [6.07, 6.45) is -1.55. The van der Waals surface area contributed by atoms with E-state index >= 15 is 0 Å². The van der Waals surface area contributed by atoms with Gasteiger partial charge in [-0.3, -0.25) is 0 Å². The minimum absolute atomic E-state index is 0.0197. The zero-order chi connectivity index (χ0) is 21.7. The maximum atomic E-state index is 12.4. The van der Waals surface area contributed by atoms with Crippen LogP contribution in [0.5, 0.6) is 0 Å². The molecule has 0 aliphatic carbocycles. The van der Waals surface area contributed by atoms with Crippen molar-refractivity contribution in [3.8, 4) is 0 Å². The maximum Gasteiger partial charge on any atom is 0.410 e. The van der Waals surface area contributed by atoms with Gasteiger partial charge in [0.15, 0.2) is 5.60 Å². The second-order valence-corrected chi connectivity index (χ2v) is 7.85. The number of hydrogen-bond donors (Lipinski definition) is 2. The quantitative estimate of drug-likeness (QED) is 0.577. The van der Waals surface area contributed by atoms with Crippen molar-refractivity contribution in [2.45, 2.75) is 51.0 Å². The number of likely N-dealkylation sites (tertiary alicyclic amines) is 1. The first-order chi connectivity index (χ1) is 13.5. The highest BCUT2D eigenvalue weighted by Gasteiger charge is 2.51. The molecule has 0 saturated carbocycles. The van der Waals surface area contributed by atoms with Crippen molar-refractivity contribution in [2.24, 2.45) is 0 Å². The number of alkyl carbamates (subject to hydrolysis) is 1. The number of esters is 1. The number of ether oxygens (including phenoxy) is 3. The van der Waals surface area contributed by atoms with Crippen molar-refractivity contribution in [3.63, 3.8) is 0 Å². The van der Waals surface area contributed by atoms with Crippen molar-refractivity contribution in [3.05, 3.63) is 35.9 Å². The molecule has 0 aromatic heterocycles. The Kier molecular flexibility index (Phi) is 7.07. The summed E-state index contributed by atoms with van der Waals surface area (Å²) in [4.78, 5) is 38.1. The molecule has 2 N–H and O–H groups in total. The Hall–Kier alpha value is -2.81. The Labute approximate surface area is 169 Å². The molecule has 2 atom stereocenters. The van der Waals surface area contributed by atoms with Crippen LogP contribution in [0.1, 0.15) is 32.8 Å². The maximum absolute atomic E-state index is 12.4. The minimum atomic E-state index is -1.99. The molecule has 9 heteroatoms. The number of amides is 2. The van der Waals surface area contributed by atoms with E-state index in [0.29, 0.717) is 0 Å². The van der Waals surface area contributed by atoms with Gasteiger partial charge in [0.25, 0.3) is 0 Å². The van der Waals surface area contributed by atoms with E-state index in [2.05, 4.69) is 5.32 Å². The highest BCUT2D eigenvalue weighted by Crippen LogP contribution is 2.26. The molecule has 0 bridgehead atoms. The summed E-state index contributed by atoms with van der Waals surface area (Å²) in [6.45, 7) is 5.15. The molecule has 1 aliphatic rings. The molecule has 1 heterocycles. The van der Waals surface area contributed by atoms with Gasteiger partial charge in [0.05, 0.1) is 13.2 Å². The third-order valence-corrected chi connectivity index (χ3v) is 4.44. The average Bonchev–Trinajstić information content (AvgIpc) is 2.66. The molecule has 1 aromatic carbocycles. The summed E-state index contributed by atoms with van der Waals surface area (Å²) < 4.78 is 15.2. The monoisotopic (exact) mass is 408 g/mol. The van der Waals surface area contributed by atoms with Gasteiger partial charge < -0.3 is 29.5 Å². The van der Waals surface area contributed by atoms with Gasteiger partial charge in [-0.25, -0.2) is 14.4 Å². The molecule has 1 fully saturated rings. The van der Waals surface area contributed by atoms with Crippen LogP contribution >= 0.6 is 0 Å². The van der Waals surface area contributed by atoms with Crippen LogP contribution in [0.4, 0.5) is 9.59 Å². The normalized spacial score (nSPS) is 21.8. The van der Waals surface area contributed by atoms with Gasteiger partial charge in [0.2, 0.25) is 0 Å². The molecule has 1 aromatic rings. The second kappa shape index (κ2) is 9.13. The first-order valence-electron chi connectivity index (χ1n) is 9.31. The lowest BCUT2D eigenvalue weighted by Gasteiger charge is -2.42. The summed E-state index contributed by atoms with van der Waals surface area (Å²) >= 11 is 0. The molecule has 2 amide bonds. The average molecular weight is 408 g/mol. The number of hydrogen-bond acceptors (Lipinski definition) is 7. The van der Waals surface area contributed by atoms with E-state index in [1.807, 2.05) is 18.2 Å². The smallest absolute Gasteiger partial charge is 0.410 e. The number of methoxy groups -OCH3 is 1. The van der Waals surface area contributed by atoms with Crippen LogP contribution in [0.15, 0.2) is 30.3 Å². The van der Waals surface area contributed by atoms with Crippen molar-refractivity contribution >= 4 is 18.2 Å². The van der Waals surface area contributed by atoms with Gasteiger partial charge >= 0.3 is 18.2 Å². The van der Waals surface area contributed by atoms with E-state index in [1.165, 1.54) is 4.90 Å². The molecule has 0 radical (unpaired) electrons. The van der Waals surface area contributed by atoms with E-state index < -0.39 is 35.4 Å². The van der Waals surface area contributed by atoms with Crippen LogP contribution in [0.25, 0.3) is 0 Å². The fourth-order valence-corrected chi connectivity index (χ4v) is 2.93. The Bertz CT molecular complexity index is 732. The molecular weight excluding hydrogens is 380 g/mol. The van der Waals surface area contributed by atoms with E-state index in [4.69, 9.17) is 14.2 Å². The molecule has 0 unspecified atom stereocenters. The number of aliphatic hydroxyl groups is 1.